The molecule has 7 atom stereocenters. The van der Waals surface area contributed by atoms with Crippen LogP contribution in [0.1, 0.15) is 71.1 Å². The molecule has 33 heavy (non-hydrogen) atoms. The second-order valence-corrected chi connectivity index (χ2v) is 9.53. The van der Waals surface area contributed by atoms with Crippen LogP contribution in [-0.4, -0.2) is 54.8 Å². The third-order valence-corrected chi connectivity index (χ3v) is 7.08. The second kappa shape index (κ2) is 14.9. The Bertz CT molecular complexity index is 612. The molecule has 2 fully saturated rings. The van der Waals surface area contributed by atoms with Crippen molar-refractivity contribution in [1.29, 1.82) is 0 Å². The number of aliphatic hydroxyl groups excluding tert-OH is 2. The van der Waals surface area contributed by atoms with Gasteiger partial charge in [0.25, 0.3) is 0 Å². The molecule has 2 aliphatic heterocycles. The summed E-state index contributed by atoms with van der Waals surface area (Å²) in [5.41, 5.74) is 0. The maximum atomic E-state index is 10.1. The van der Waals surface area contributed by atoms with Gasteiger partial charge >= 0.3 is 0 Å². The van der Waals surface area contributed by atoms with Crippen molar-refractivity contribution in [3.63, 3.8) is 0 Å². The Morgan fingerprint density at radius 1 is 1.15 bits per heavy atom. The van der Waals surface area contributed by atoms with Crippen LogP contribution in [0.25, 0.3) is 0 Å². The lowest BCUT2D eigenvalue weighted by Gasteiger charge is -2.28. The van der Waals surface area contributed by atoms with E-state index in [0.29, 0.717) is 0 Å². The van der Waals surface area contributed by atoms with Crippen molar-refractivity contribution in [2.75, 3.05) is 19.8 Å². The fraction of sp³-hybridized carbons (Fsp3) is 0.778. The molecule has 0 bridgehead atoms. The van der Waals surface area contributed by atoms with Crippen LogP contribution in [-0.2, 0) is 18.9 Å². The third-order valence-electron chi connectivity index (χ3n) is 7.08. The van der Waals surface area contributed by atoms with E-state index in [4.69, 9.17) is 18.9 Å². The largest absolute Gasteiger partial charge is 0.469 e. The van der Waals surface area contributed by atoms with Gasteiger partial charge in [-0.05, 0) is 68.9 Å². The Kier molecular flexibility index (Phi) is 12.0. The van der Waals surface area contributed by atoms with Crippen molar-refractivity contribution in [2.24, 2.45) is 17.8 Å². The summed E-state index contributed by atoms with van der Waals surface area (Å²) in [6, 6.07) is 0. The normalized spacial score (nSPS) is 32.9. The van der Waals surface area contributed by atoms with Crippen molar-refractivity contribution in [2.45, 2.75) is 95.9 Å². The Morgan fingerprint density at radius 3 is 2.76 bits per heavy atom. The van der Waals surface area contributed by atoms with Gasteiger partial charge in [-0.3, -0.25) is 0 Å². The van der Waals surface area contributed by atoms with Gasteiger partial charge < -0.3 is 29.2 Å². The first kappa shape index (κ1) is 26.4. The fourth-order valence-corrected chi connectivity index (χ4v) is 5.29. The Balaban J connectivity index is 1.71. The van der Waals surface area contributed by atoms with Gasteiger partial charge in [-0.25, -0.2) is 0 Å². The zero-order valence-electron chi connectivity index (χ0n) is 20.2. The predicted molar refractivity (Wildman–Crippen MR) is 128 cm³/mol. The molecule has 6 heteroatoms. The average Bonchev–Trinajstić information content (AvgIpc) is 3.18. The van der Waals surface area contributed by atoms with Gasteiger partial charge in [0.15, 0.2) is 6.29 Å². The SMILES string of the molecule is CCCCC[C@@H](C=C[C@H]1[C@@H](CCCO)[C@H](CO)C[C@H]1O[C@H]1C=CC=CO1)OC1CCCCO1. The second-order valence-electron chi connectivity index (χ2n) is 9.53. The smallest absolute Gasteiger partial charge is 0.219 e. The Morgan fingerprint density at radius 2 is 2.06 bits per heavy atom. The van der Waals surface area contributed by atoms with Gasteiger partial charge in [-0.15, -0.1) is 0 Å². The first-order chi connectivity index (χ1) is 16.2. The van der Waals surface area contributed by atoms with Crippen molar-refractivity contribution < 1.29 is 29.2 Å². The minimum Gasteiger partial charge on any atom is -0.469 e. The summed E-state index contributed by atoms with van der Waals surface area (Å²) in [5.74, 6) is 0.551. The first-order valence-electron chi connectivity index (χ1n) is 13.1. The van der Waals surface area contributed by atoms with Gasteiger partial charge in [0.05, 0.1) is 18.5 Å². The number of hydrogen-bond donors (Lipinski definition) is 2. The molecule has 1 unspecified atom stereocenters. The minimum atomic E-state index is -0.404. The zero-order chi connectivity index (χ0) is 23.3. The summed E-state index contributed by atoms with van der Waals surface area (Å²) in [4.78, 5) is 0. The van der Waals surface area contributed by atoms with E-state index in [2.05, 4.69) is 19.1 Å². The highest BCUT2D eigenvalue weighted by Gasteiger charge is 2.43. The standard InChI is InChI=1S/C27H44O6/c1-2-3-4-10-22(32-26-12-5-7-17-30-26)14-15-24-23(11-9-16-28)21(20-29)19-25(24)33-27-13-6-8-18-31-27/h6,8,13-15,18,21-29H,2-5,7,9-12,16-17,19-20H2,1H3/t21-,22-,23-,24-,25+,26?,27-/m0/s1. The topological polar surface area (TPSA) is 77.4 Å². The van der Waals surface area contributed by atoms with E-state index in [0.717, 1.165) is 58.0 Å². The van der Waals surface area contributed by atoms with Crippen LogP contribution in [0.2, 0.25) is 0 Å². The molecular weight excluding hydrogens is 420 g/mol. The van der Waals surface area contributed by atoms with Crippen molar-refractivity contribution in [3.8, 4) is 0 Å². The van der Waals surface area contributed by atoms with Gasteiger partial charge in [-0.2, -0.15) is 0 Å². The van der Waals surface area contributed by atoms with Crippen LogP contribution in [0.4, 0.5) is 0 Å². The lowest BCUT2D eigenvalue weighted by atomic mass is 9.85. The number of allylic oxidation sites excluding steroid dienone is 2. The predicted octanol–water partition coefficient (Wildman–Crippen LogP) is 4.86. The highest BCUT2D eigenvalue weighted by molar-refractivity contribution is 5.08. The molecule has 1 aliphatic carbocycles. The highest BCUT2D eigenvalue weighted by Crippen LogP contribution is 2.43. The van der Waals surface area contributed by atoms with Crippen LogP contribution in [0.15, 0.2) is 36.6 Å². The molecule has 0 aromatic rings. The van der Waals surface area contributed by atoms with Gasteiger partial charge in [0.2, 0.25) is 6.29 Å². The van der Waals surface area contributed by atoms with E-state index in [1.807, 2.05) is 18.2 Å². The van der Waals surface area contributed by atoms with E-state index in [-0.39, 0.29) is 49.5 Å². The molecule has 188 valence electrons. The molecule has 0 spiro atoms. The van der Waals surface area contributed by atoms with E-state index in [1.165, 1.54) is 12.8 Å². The maximum absolute atomic E-state index is 10.1. The van der Waals surface area contributed by atoms with E-state index < -0.39 is 6.29 Å². The highest BCUT2D eigenvalue weighted by atomic mass is 16.7. The molecule has 0 radical (unpaired) electrons. The van der Waals surface area contributed by atoms with E-state index in [1.54, 1.807) is 6.26 Å². The summed E-state index contributed by atoms with van der Waals surface area (Å²) >= 11 is 0. The number of rotatable bonds is 14. The van der Waals surface area contributed by atoms with Crippen molar-refractivity contribution in [1.82, 2.24) is 0 Å². The molecule has 6 nitrogen and oxygen atoms in total. The molecule has 3 aliphatic rings. The Hall–Kier alpha value is -1.18. The first-order valence-corrected chi connectivity index (χ1v) is 13.1. The number of unbranched alkanes of at least 4 members (excludes halogenated alkanes) is 2. The molecular formula is C27H44O6. The lowest BCUT2D eigenvalue weighted by molar-refractivity contribution is -0.179. The maximum Gasteiger partial charge on any atom is 0.219 e. The summed E-state index contributed by atoms with van der Waals surface area (Å²) < 4.78 is 24.2. The number of hydrogen-bond acceptors (Lipinski definition) is 6. The van der Waals surface area contributed by atoms with E-state index >= 15 is 0 Å². The molecule has 3 rings (SSSR count). The molecule has 1 saturated heterocycles. The monoisotopic (exact) mass is 464 g/mol. The molecule has 2 N–H and O–H groups in total. The molecule has 1 saturated carbocycles. The van der Waals surface area contributed by atoms with Crippen LogP contribution in [0.5, 0.6) is 0 Å². The van der Waals surface area contributed by atoms with Crippen LogP contribution >= 0.6 is 0 Å². The minimum absolute atomic E-state index is 0.0146. The molecule has 0 aromatic carbocycles. The number of ether oxygens (including phenoxy) is 4. The van der Waals surface area contributed by atoms with E-state index in [9.17, 15) is 10.2 Å². The van der Waals surface area contributed by atoms with Gasteiger partial charge in [0.1, 0.15) is 0 Å². The third kappa shape index (κ3) is 8.52. The van der Waals surface area contributed by atoms with Crippen LogP contribution < -0.4 is 0 Å². The summed E-state index contributed by atoms with van der Waals surface area (Å²) in [7, 11) is 0. The van der Waals surface area contributed by atoms with Crippen molar-refractivity contribution in [3.05, 3.63) is 36.6 Å². The van der Waals surface area contributed by atoms with Crippen LogP contribution in [0.3, 0.4) is 0 Å². The quantitative estimate of drug-likeness (QED) is 0.282. The van der Waals surface area contributed by atoms with Crippen molar-refractivity contribution >= 4 is 0 Å². The summed E-state index contributed by atoms with van der Waals surface area (Å²) in [5, 5.41) is 19.5. The van der Waals surface area contributed by atoms with Gasteiger partial charge in [0, 0.05) is 25.7 Å². The molecule has 0 amide bonds. The molecule has 2 heterocycles. The fourth-order valence-electron chi connectivity index (χ4n) is 5.29. The Labute approximate surface area is 199 Å². The lowest BCUT2D eigenvalue weighted by Crippen LogP contribution is -2.29. The summed E-state index contributed by atoms with van der Waals surface area (Å²) in [6.07, 6.45) is 21.3. The van der Waals surface area contributed by atoms with Crippen LogP contribution in [0, 0.1) is 17.8 Å². The van der Waals surface area contributed by atoms with Gasteiger partial charge in [-0.1, -0.05) is 44.4 Å². The summed E-state index contributed by atoms with van der Waals surface area (Å²) in [6.45, 7) is 3.29. The molecule has 0 aromatic heterocycles. The zero-order valence-corrected chi connectivity index (χ0v) is 20.2. The number of aliphatic hydroxyl groups is 2. The average molecular weight is 465 g/mol.